The monoisotopic (exact) mass is 379 g/mol. The lowest BCUT2D eigenvalue weighted by molar-refractivity contribution is 0.568. The van der Waals surface area contributed by atoms with Gasteiger partial charge in [0.15, 0.2) is 0 Å². The maximum absolute atomic E-state index is 12.2. The van der Waals surface area contributed by atoms with Gasteiger partial charge in [-0.2, -0.15) is 0 Å². The molecule has 0 aliphatic carbocycles. The van der Waals surface area contributed by atoms with Crippen molar-refractivity contribution in [1.82, 2.24) is 4.72 Å². The van der Waals surface area contributed by atoms with Crippen LogP contribution in [0.5, 0.6) is 0 Å². The van der Waals surface area contributed by atoms with Crippen molar-refractivity contribution >= 4 is 48.9 Å². The van der Waals surface area contributed by atoms with Gasteiger partial charge in [0, 0.05) is 15.5 Å². The zero-order chi connectivity index (χ0) is 14.0. The highest BCUT2D eigenvalue weighted by molar-refractivity contribution is 9.10. The summed E-state index contributed by atoms with van der Waals surface area (Å²) in [5, 5.41) is 2.35. The standard InChI is InChI=1S/C12H11BrClNO2S2/c1-8(9-2-4-10(14)5-3-9)15-19(16,17)12-11(13)6-7-18-12/h2-8,15H,1H3. The summed E-state index contributed by atoms with van der Waals surface area (Å²) in [5.74, 6) is 0. The molecule has 19 heavy (non-hydrogen) atoms. The Balaban J connectivity index is 2.21. The molecule has 0 aliphatic rings. The Bertz CT molecular complexity index is 667. The third-order valence-electron chi connectivity index (χ3n) is 2.53. The third kappa shape index (κ3) is 3.58. The minimum atomic E-state index is -3.52. The Morgan fingerprint density at radius 2 is 1.89 bits per heavy atom. The highest BCUT2D eigenvalue weighted by atomic mass is 79.9. The van der Waals surface area contributed by atoms with E-state index in [1.807, 2.05) is 0 Å². The Morgan fingerprint density at radius 1 is 1.26 bits per heavy atom. The maximum atomic E-state index is 12.2. The summed E-state index contributed by atoms with van der Waals surface area (Å²) < 4.78 is 27.9. The molecule has 0 bridgehead atoms. The zero-order valence-corrected chi connectivity index (χ0v) is 13.9. The number of halogens is 2. The summed E-state index contributed by atoms with van der Waals surface area (Å²) >= 11 is 10.2. The van der Waals surface area contributed by atoms with Gasteiger partial charge >= 0.3 is 0 Å². The van der Waals surface area contributed by atoms with Gasteiger partial charge in [0.25, 0.3) is 10.0 Å². The summed E-state index contributed by atoms with van der Waals surface area (Å²) in [7, 11) is -3.52. The minimum absolute atomic E-state index is 0.285. The first-order valence-corrected chi connectivity index (χ1v) is 8.94. The molecule has 102 valence electrons. The summed E-state index contributed by atoms with van der Waals surface area (Å²) in [4.78, 5) is 0. The molecule has 3 nitrogen and oxygen atoms in total. The lowest BCUT2D eigenvalue weighted by Crippen LogP contribution is -2.26. The van der Waals surface area contributed by atoms with Crippen LogP contribution in [0.1, 0.15) is 18.5 Å². The molecule has 1 aromatic carbocycles. The number of sulfonamides is 1. The van der Waals surface area contributed by atoms with E-state index >= 15 is 0 Å². The molecular formula is C12H11BrClNO2S2. The first-order chi connectivity index (χ1) is 8.90. The van der Waals surface area contributed by atoms with Gasteiger partial charge < -0.3 is 0 Å². The SMILES string of the molecule is CC(NS(=O)(=O)c1sccc1Br)c1ccc(Cl)cc1. The quantitative estimate of drug-likeness (QED) is 0.864. The number of nitrogens with one attached hydrogen (secondary N) is 1. The van der Waals surface area contributed by atoms with Crippen molar-refractivity contribution < 1.29 is 8.42 Å². The first kappa shape index (κ1) is 15.0. The highest BCUT2D eigenvalue weighted by Crippen LogP contribution is 2.28. The lowest BCUT2D eigenvalue weighted by atomic mass is 10.1. The Kier molecular flexibility index (Phi) is 4.68. The summed E-state index contributed by atoms with van der Waals surface area (Å²) in [5.41, 5.74) is 0.862. The van der Waals surface area contributed by atoms with Crippen LogP contribution < -0.4 is 4.72 Å². The molecule has 7 heteroatoms. The van der Waals surface area contributed by atoms with Gasteiger partial charge in [-0.3, -0.25) is 0 Å². The van der Waals surface area contributed by atoms with Crippen LogP contribution in [0.4, 0.5) is 0 Å². The second kappa shape index (κ2) is 5.93. The van der Waals surface area contributed by atoms with Gasteiger partial charge in [-0.25, -0.2) is 13.1 Å². The molecule has 0 saturated heterocycles. The molecule has 1 aromatic heterocycles. The highest BCUT2D eigenvalue weighted by Gasteiger charge is 2.22. The van der Waals surface area contributed by atoms with Crippen molar-refractivity contribution in [1.29, 1.82) is 0 Å². The average molecular weight is 381 g/mol. The molecule has 0 radical (unpaired) electrons. The molecule has 0 saturated carbocycles. The van der Waals surface area contributed by atoms with Crippen LogP contribution in [-0.2, 0) is 10.0 Å². The molecule has 1 N–H and O–H groups in total. The van der Waals surface area contributed by atoms with Crippen molar-refractivity contribution in [2.75, 3.05) is 0 Å². The van der Waals surface area contributed by atoms with E-state index in [9.17, 15) is 8.42 Å². The van der Waals surface area contributed by atoms with Gasteiger partial charge in [-0.1, -0.05) is 23.7 Å². The zero-order valence-electron chi connectivity index (χ0n) is 9.93. The van der Waals surface area contributed by atoms with E-state index < -0.39 is 10.0 Å². The molecular weight excluding hydrogens is 370 g/mol. The molecule has 2 rings (SSSR count). The fraction of sp³-hybridized carbons (Fsp3) is 0.167. The Morgan fingerprint density at radius 3 is 2.42 bits per heavy atom. The number of hydrogen-bond donors (Lipinski definition) is 1. The second-order valence-electron chi connectivity index (χ2n) is 3.95. The number of thiophene rings is 1. The largest absolute Gasteiger partial charge is 0.251 e. The van der Waals surface area contributed by atoms with E-state index in [-0.39, 0.29) is 10.3 Å². The maximum Gasteiger partial charge on any atom is 0.251 e. The first-order valence-electron chi connectivity index (χ1n) is 5.41. The molecule has 0 fully saturated rings. The molecule has 0 amide bonds. The molecule has 1 atom stereocenters. The predicted molar refractivity (Wildman–Crippen MR) is 82.2 cm³/mol. The third-order valence-corrected chi connectivity index (χ3v) is 6.99. The number of benzene rings is 1. The minimum Gasteiger partial charge on any atom is -0.206 e. The van der Waals surface area contributed by atoms with E-state index in [0.717, 1.165) is 5.56 Å². The van der Waals surface area contributed by atoms with Gasteiger partial charge in [0.1, 0.15) is 4.21 Å². The van der Waals surface area contributed by atoms with Crippen molar-refractivity contribution in [2.45, 2.75) is 17.2 Å². The number of hydrogen-bond acceptors (Lipinski definition) is 3. The van der Waals surface area contributed by atoms with E-state index in [1.165, 1.54) is 11.3 Å². The van der Waals surface area contributed by atoms with Crippen LogP contribution in [0.2, 0.25) is 5.02 Å². The van der Waals surface area contributed by atoms with Crippen molar-refractivity contribution in [3.05, 3.63) is 50.8 Å². The molecule has 0 aliphatic heterocycles. The average Bonchev–Trinajstić information content (AvgIpc) is 2.76. The fourth-order valence-electron chi connectivity index (χ4n) is 1.58. The van der Waals surface area contributed by atoms with Crippen molar-refractivity contribution in [3.8, 4) is 0 Å². The number of rotatable bonds is 4. The van der Waals surface area contributed by atoms with Crippen LogP contribution in [0, 0.1) is 0 Å². The van der Waals surface area contributed by atoms with E-state index in [4.69, 9.17) is 11.6 Å². The van der Waals surface area contributed by atoms with Crippen LogP contribution in [0.15, 0.2) is 44.4 Å². The Labute approximate surface area is 129 Å². The fourth-order valence-corrected chi connectivity index (χ4v) is 5.29. The lowest BCUT2D eigenvalue weighted by Gasteiger charge is -2.14. The van der Waals surface area contributed by atoms with Crippen LogP contribution in [0.3, 0.4) is 0 Å². The summed E-state index contributed by atoms with van der Waals surface area (Å²) in [6.07, 6.45) is 0. The summed E-state index contributed by atoms with van der Waals surface area (Å²) in [6, 6.07) is 8.48. The van der Waals surface area contributed by atoms with Crippen LogP contribution in [0.25, 0.3) is 0 Å². The predicted octanol–water partition coefficient (Wildman–Crippen LogP) is 4.20. The van der Waals surface area contributed by atoms with Gasteiger partial charge in [-0.05, 0) is 52.0 Å². The van der Waals surface area contributed by atoms with Crippen LogP contribution in [-0.4, -0.2) is 8.42 Å². The smallest absolute Gasteiger partial charge is 0.206 e. The topological polar surface area (TPSA) is 46.2 Å². The van der Waals surface area contributed by atoms with Gasteiger partial charge in [0.2, 0.25) is 0 Å². The van der Waals surface area contributed by atoms with Crippen molar-refractivity contribution in [3.63, 3.8) is 0 Å². The molecule has 1 unspecified atom stereocenters. The van der Waals surface area contributed by atoms with E-state index in [0.29, 0.717) is 9.50 Å². The van der Waals surface area contributed by atoms with Crippen LogP contribution >= 0.6 is 38.9 Å². The molecule has 1 heterocycles. The van der Waals surface area contributed by atoms with E-state index in [2.05, 4.69) is 20.7 Å². The van der Waals surface area contributed by atoms with Gasteiger partial charge in [-0.15, -0.1) is 11.3 Å². The van der Waals surface area contributed by atoms with Crippen molar-refractivity contribution in [2.24, 2.45) is 0 Å². The van der Waals surface area contributed by atoms with E-state index in [1.54, 1.807) is 42.6 Å². The Hall–Kier alpha value is -0.400. The van der Waals surface area contributed by atoms with Gasteiger partial charge in [0.05, 0.1) is 0 Å². The second-order valence-corrected chi connectivity index (χ2v) is 8.07. The summed E-state index contributed by atoms with van der Waals surface area (Å²) in [6.45, 7) is 1.79. The molecule has 0 spiro atoms. The molecule has 2 aromatic rings. The normalized spacial score (nSPS) is 13.4.